The van der Waals surface area contributed by atoms with E-state index >= 15 is 0 Å². The molecule has 1 atom stereocenters. The molecular formula is C14H15ClFNO. The van der Waals surface area contributed by atoms with Crippen molar-refractivity contribution in [3.8, 4) is 5.75 Å². The summed E-state index contributed by atoms with van der Waals surface area (Å²) in [6.07, 6.45) is 2.66. The van der Waals surface area contributed by atoms with Gasteiger partial charge in [0.05, 0.1) is 7.11 Å². The van der Waals surface area contributed by atoms with E-state index in [0.717, 1.165) is 23.3 Å². The molecule has 1 aromatic rings. The maximum absolute atomic E-state index is 13.8. The largest absolute Gasteiger partial charge is 0.494 e. The van der Waals surface area contributed by atoms with E-state index in [1.807, 2.05) is 13.0 Å². The first-order valence-electron chi connectivity index (χ1n) is 5.81. The molecule has 0 N–H and O–H groups in total. The van der Waals surface area contributed by atoms with Gasteiger partial charge in [0.1, 0.15) is 5.16 Å². The molecule has 0 radical (unpaired) electrons. The van der Waals surface area contributed by atoms with Gasteiger partial charge in [0.15, 0.2) is 11.6 Å². The second-order valence-electron chi connectivity index (χ2n) is 4.43. The lowest BCUT2D eigenvalue weighted by Gasteiger charge is -2.19. The molecular weight excluding hydrogens is 253 g/mol. The molecule has 2 rings (SSSR count). The molecule has 0 bridgehead atoms. The van der Waals surface area contributed by atoms with Gasteiger partial charge in [0, 0.05) is 11.3 Å². The number of rotatable bonds is 1. The van der Waals surface area contributed by atoms with Crippen LogP contribution >= 0.6 is 11.6 Å². The standard InChI is InChI=1S/C14H15ClFNO/c1-8-4-5-14(15)17-9(2)11-6-12(16)13(18-3)7-10(8)11/h5-8H,4H2,1-3H3/b14-5+,17-9-. The minimum absolute atomic E-state index is 0.244. The quantitative estimate of drug-likeness (QED) is 0.698. The third kappa shape index (κ3) is 2.41. The van der Waals surface area contributed by atoms with Crippen LogP contribution in [-0.2, 0) is 0 Å². The van der Waals surface area contributed by atoms with Crippen LogP contribution in [0.15, 0.2) is 28.4 Å². The fourth-order valence-corrected chi connectivity index (χ4v) is 2.33. The van der Waals surface area contributed by atoms with Gasteiger partial charge in [0.2, 0.25) is 0 Å². The summed E-state index contributed by atoms with van der Waals surface area (Å²) in [6, 6.07) is 3.22. The lowest BCUT2D eigenvalue weighted by molar-refractivity contribution is 0.385. The first-order chi connectivity index (χ1) is 8.52. The summed E-state index contributed by atoms with van der Waals surface area (Å²) in [5.41, 5.74) is 2.56. The van der Waals surface area contributed by atoms with E-state index in [1.54, 1.807) is 6.07 Å². The Bertz CT molecular complexity index is 537. The van der Waals surface area contributed by atoms with Crippen molar-refractivity contribution >= 4 is 17.3 Å². The van der Waals surface area contributed by atoms with Gasteiger partial charge in [-0.1, -0.05) is 18.5 Å². The second-order valence-corrected chi connectivity index (χ2v) is 4.82. The monoisotopic (exact) mass is 267 g/mol. The number of aliphatic imine (C=N–C) groups is 1. The molecule has 0 fully saturated rings. The Morgan fingerprint density at radius 2 is 2.17 bits per heavy atom. The fraction of sp³-hybridized carbons (Fsp3) is 0.357. The van der Waals surface area contributed by atoms with Gasteiger partial charge in [-0.2, -0.15) is 0 Å². The van der Waals surface area contributed by atoms with Crippen LogP contribution < -0.4 is 4.74 Å². The molecule has 18 heavy (non-hydrogen) atoms. The van der Waals surface area contributed by atoms with Crippen LogP contribution in [-0.4, -0.2) is 12.8 Å². The van der Waals surface area contributed by atoms with Crippen LogP contribution in [0.3, 0.4) is 0 Å². The topological polar surface area (TPSA) is 21.6 Å². The number of benzene rings is 1. The van der Waals surface area contributed by atoms with E-state index in [4.69, 9.17) is 16.3 Å². The highest BCUT2D eigenvalue weighted by Crippen LogP contribution is 2.32. The van der Waals surface area contributed by atoms with Crippen molar-refractivity contribution in [2.24, 2.45) is 4.99 Å². The summed E-state index contributed by atoms with van der Waals surface area (Å²) >= 11 is 5.97. The Balaban J connectivity index is 2.64. The molecule has 0 aromatic heterocycles. The van der Waals surface area contributed by atoms with Crippen molar-refractivity contribution < 1.29 is 9.13 Å². The fourth-order valence-electron chi connectivity index (χ4n) is 2.11. The van der Waals surface area contributed by atoms with E-state index in [0.29, 0.717) is 5.16 Å². The lowest BCUT2D eigenvalue weighted by Crippen LogP contribution is -2.08. The Kier molecular flexibility index (Phi) is 3.71. The predicted octanol–water partition coefficient (Wildman–Crippen LogP) is 4.23. The van der Waals surface area contributed by atoms with E-state index in [9.17, 15) is 4.39 Å². The number of fused-ring (bicyclic) bond motifs is 1. The molecule has 0 spiro atoms. The van der Waals surface area contributed by atoms with E-state index in [2.05, 4.69) is 11.9 Å². The van der Waals surface area contributed by atoms with Crippen molar-refractivity contribution in [2.45, 2.75) is 26.2 Å². The summed E-state index contributed by atoms with van der Waals surface area (Å²) in [7, 11) is 1.47. The number of allylic oxidation sites excluding steroid dienone is 1. The highest BCUT2D eigenvalue weighted by atomic mass is 35.5. The van der Waals surface area contributed by atoms with Crippen LogP contribution in [0.1, 0.15) is 37.3 Å². The number of hydrogen-bond acceptors (Lipinski definition) is 2. The number of hydrogen-bond donors (Lipinski definition) is 0. The lowest BCUT2D eigenvalue weighted by atomic mass is 9.90. The summed E-state index contributed by atoms with van der Waals surface area (Å²) < 4.78 is 18.8. The normalized spacial score (nSPS) is 25.1. The summed E-state index contributed by atoms with van der Waals surface area (Å²) in [5.74, 6) is 0.136. The molecule has 96 valence electrons. The predicted molar refractivity (Wildman–Crippen MR) is 72.1 cm³/mol. The minimum atomic E-state index is -0.376. The Hall–Kier alpha value is -1.35. The molecule has 0 saturated heterocycles. The first kappa shape index (κ1) is 13.1. The van der Waals surface area contributed by atoms with Gasteiger partial charge in [0.25, 0.3) is 0 Å². The van der Waals surface area contributed by atoms with Crippen molar-refractivity contribution in [1.82, 2.24) is 0 Å². The number of nitrogens with zero attached hydrogens (tertiary/aromatic N) is 1. The number of methoxy groups -OCH3 is 1. The summed E-state index contributed by atoms with van der Waals surface area (Å²) in [4.78, 5) is 4.24. The zero-order valence-corrected chi connectivity index (χ0v) is 11.4. The summed E-state index contributed by atoms with van der Waals surface area (Å²) in [6.45, 7) is 3.91. The summed E-state index contributed by atoms with van der Waals surface area (Å²) in [5, 5.41) is 0.459. The van der Waals surface area contributed by atoms with Crippen LogP contribution in [0.2, 0.25) is 0 Å². The number of halogens is 2. The first-order valence-corrected chi connectivity index (χ1v) is 6.19. The molecule has 4 heteroatoms. The van der Waals surface area contributed by atoms with Crippen LogP contribution in [0.5, 0.6) is 5.75 Å². The molecule has 0 amide bonds. The highest BCUT2D eigenvalue weighted by Gasteiger charge is 2.18. The van der Waals surface area contributed by atoms with Gasteiger partial charge < -0.3 is 4.74 Å². The third-order valence-corrected chi connectivity index (χ3v) is 3.40. The van der Waals surface area contributed by atoms with Crippen LogP contribution in [0.25, 0.3) is 0 Å². The molecule has 1 aromatic carbocycles. The Labute approximate surface area is 111 Å². The molecule has 1 unspecified atom stereocenters. The minimum Gasteiger partial charge on any atom is -0.494 e. The van der Waals surface area contributed by atoms with Gasteiger partial charge in [-0.25, -0.2) is 9.38 Å². The second kappa shape index (κ2) is 5.11. The van der Waals surface area contributed by atoms with Crippen molar-refractivity contribution in [1.29, 1.82) is 0 Å². The maximum atomic E-state index is 13.8. The van der Waals surface area contributed by atoms with Gasteiger partial charge >= 0.3 is 0 Å². The van der Waals surface area contributed by atoms with Crippen LogP contribution in [0, 0.1) is 5.82 Å². The van der Waals surface area contributed by atoms with Gasteiger partial charge in [-0.05, 0) is 43.0 Å². The van der Waals surface area contributed by atoms with Crippen LogP contribution in [0.4, 0.5) is 4.39 Å². The number of ether oxygens (including phenoxy) is 1. The maximum Gasteiger partial charge on any atom is 0.165 e. The molecule has 1 heterocycles. The molecule has 0 aliphatic carbocycles. The third-order valence-electron chi connectivity index (χ3n) is 3.16. The highest BCUT2D eigenvalue weighted by molar-refractivity contribution is 6.30. The molecule has 2 nitrogen and oxygen atoms in total. The Morgan fingerprint density at radius 3 is 2.83 bits per heavy atom. The zero-order valence-electron chi connectivity index (χ0n) is 10.6. The Morgan fingerprint density at radius 1 is 1.44 bits per heavy atom. The molecule has 1 aliphatic heterocycles. The smallest absolute Gasteiger partial charge is 0.165 e. The zero-order chi connectivity index (χ0) is 13.3. The average Bonchev–Trinajstić information content (AvgIpc) is 2.34. The van der Waals surface area contributed by atoms with Crippen molar-refractivity contribution in [2.75, 3.05) is 7.11 Å². The molecule has 0 saturated carbocycles. The van der Waals surface area contributed by atoms with Gasteiger partial charge in [-0.15, -0.1) is 0 Å². The average molecular weight is 268 g/mol. The van der Waals surface area contributed by atoms with E-state index in [-0.39, 0.29) is 17.5 Å². The van der Waals surface area contributed by atoms with Crippen molar-refractivity contribution in [3.63, 3.8) is 0 Å². The van der Waals surface area contributed by atoms with Crippen molar-refractivity contribution in [3.05, 3.63) is 40.3 Å². The molecule has 1 aliphatic rings. The SMILES string of the molecule is COc1cc2c(cc1F)/C(C)=N\C(Cl)=C\CC2C. The van der Waals surface area contributed by atoms with E-state index < -0.39 is 0 Å². The van der Waals surface area contributed by atoms with Gasteiger partial charge in [-0.3, -0.25) is 0 Å². The van der Waals surface area contributed by atoms with E-state index in [1.165, 1.54) is 13.2 Å².